The van der Waals surface area contributed by atoms with Gasteiger partial charge in [0.25, 0.3) is 5.91 Å². The van der Waals surface area contributed by atoms with Gasteiger partial charge in [-0.1, -0.05) is 30.3 Å². The summed E-state index contributed by atoms with van der Waals surface area (Å²) < 4.78 is 2.11. The number of aromatic nitrogens is 2. The third-order valence-electron chi connectivity index (χ3n) is 5.10. The van der Waals surface area contributed by atoms with Gasteiger partial charge in [0.15, 0.2) is 0 Å². The Morgan fingerprint density at radius 2 is 2.15 bits per heavy atom. The summed E-state index contributed by atoms with van der Waals surface area (Å²) in [4.78, 5) is 20.6. The molecule has 2 aromatic heterocycles. The number of benzene rings is 1. The molecule has 0 bridgehead atoms. The van der Waals surface area contributed by atoms with Crippen LogP contribution < -0.4 is 0 Å². The summed E-state index contributed by atoms with van der Waals surface area (Å²) in [5, 5.41) is 2.03. The van der Waals surface area contributed by atoms with Crippen LogP contribution in [0.2, 0.25) is 0 Å². The molecule has 1 aliphatic heterocycles. The maximum absolute atomic E-state index is 13.3. The van der Waals surface area contributed by atoms with Crippen molar-refractivity contribution in [2.75, 3.05) is 13.1 Å². The van der Waals surface area contributed by atoms with Crippen molar-refractivity contribution >= 4 is 17.2 Å². The minimum atomic E-state index is 0.170. The van der Waals surface area contributed by atoms with Crippen LogP contribution in [0, 0.1) is 12.8 Å². The van der Waals surface area contributed by atoms with Crippen molar-refractivity contribution in [3.05, 3.63) is 64.9 Å². The SMILES string of the molecule is Cc1scc(C(=O)N2CCC[C@H](Cn3ccnc3)C2)c1-c1ccccc1. The zero-order valence-corrected chi connectivity index (χ0v) is 15.8. The van der Waals surface area contributed by atoms with Gasteiger partial charge in [-0.15, -0.1) is 11.3 Å². The molecule has 1 aromatic carbocycles. The fraction of sp³-hybridized carbons (Fsp3) is 0.333. The zero-order chi connectivity index (χ0) is 17.9. The molecule has 0 saturated carbocycles. The van der Waals surface area contributed by atoms with Gasteiger partial charge in [0.1, 0.15) is 0 Å². The predicted octanol–water partition coefficient (Wildman–Crippen LogP) is 4.47. The molecule has 3 aromatic rings. The van der Waals surface area contributed by atoms with Gasteiger partial charge < -0.3 is 9.47 Å². The molecule has 1 atom stereocenters. The molecule has 5 heteroatoms. The summed E-state index contributed by atoms with van der Waals surface area (Å²) in [6, 6.07) is 10.2. The molecular formula is C21H23N3OS. The molecule has 3 heterocycles. The topological polar surface area (TPSA) is 38.1 Å². The summed E-state index contributed by atoms with van der Waals surface area (Å²) in [5.74, 6) is 0.658. The Labute approximate surface area is 158 Å². The van der Waals surface area contributed by atoms with E-state index in [-0.39, 0.29) is 5.91 Å². The normalized spacial score (nSPS) is 17.4. The molecule has 26 heavy (non-hydrogen) atoms. The first-order valence-electron chi connectivity index (χ1n) is 9.11. The third kappa shape index (κ3) is 3.44. The molecule has 0 N–H and O–H groups in total. The highest BCUT2D eigenvalue weighted by atomic mass is 32.1. The monoisotopic (exact) mass is 365 g/mol. The number of hydrogen-bond donors (Lipinski definition) is 0. The molecule has 4 rings (SSSR count). The number of piperidine rings is 1. The van der Waals surface area contributed by atoms with E-state index in [1.165, 1.54) is 4.88 Å². The molecular weight excluding hydrogens is 342 g/mol. The number of likely N-dealkylation sites (tertiary alicyclic amines) is 1. The van der Waals surface area contributed by atoms with Gasteiger partial charge in [0.05, 0.1) is 11.9 Å². The minimum absolute atomic E-state index is 0.170. The van der Waals surface area contributed by atoms with Crippen LogP contribution in [0.1, 0.15) is 28.1 Å². The number of carbonyl (C=O) groups excluding carboxylic acids is 1. The van der Waals surface area contributed by atoms with E-state index in [1.54, 1.807) is 11.3 Å². The van der Waals surface area contributed by atoms with E-state index in [0.717, 1.165) is 49.2 Å². The van der Waals surface area contributed by atoms with Crippen LogP contribution >= 0.6 is 11.3 Å². The summed E-state index contributed by atoms with van der Waals surface area (Å²) in [6.45, 7) is 4.70. The van der Waals surface area contributed by atoms with Crippen LogP contribution in [-0.2, 0) is 6.54 Å². The summed E-state index contributed by atoms with van der Waals surface area (Å²) in [7, 11) is 0. The smallest absolute Gasteiger partial charge is 0.255 e. The van der Waals surface area contributed by atoms with Crippen LogP contribution in [0.4, 0.5) is 0 Å². The molecule has 1 fully saturated rings. The van der Waals surface area contributed by atoms with E-state index in [0.29, 0.717) is 5.92 Å². The van der Waals surface area contributed by atoms with Crippen LogP contribution in [0.3, 0.4) is 0 Å². The largest absolute Gasteiger partial charge is 0.338 e. The number of amides is 1. The third-order valence-corrected chi connectivity index (χ3v) is 6.01. The van der Waals surface area contributed by atoms with E-state index in [4.69, 9.17) is 0 Å². The first-order valence-corrected chi connectivity index (χ1v) is 9.99. The Balaban J connectivity index is 1.54. The zero-order valence-electron chi connectivity index (χ0n) is 15.0. The lowest BCUT2D eigenvalue weighted by Crippen LogP contribution is -2.41. The Bertz CT molecular complexity index is 870. The van der Waals surface area contributed by atoms with Crippen molar-refractivity contribution < 1.29 is 4.79 Å². The second kappa shape index (κ2) is 7.46. The molecule has 1 aliphatic rings. The number of rotatable bonds is 4. The number of aryl methyl sites for hydroxylation is 1. The Morgan fingerprint density at radius 3 is 2.92 bits per heavy atom. The lowest BCUT2D eigenvalue weighted by atomic mass is 9.96. The summed E-state index contributed by atoms with van der Waals surface area (Å²) in [6.07, 6.45) is 7.89. The van der Waals surface area contributed by atoms with E-state index < -0.39 is 0 Å². The number of carbonyl (C=O) groups is 1. The van der Waals surface area contributed by atoms with Crippen LogP contribution in [0.5, 0.6) is 0 Å². The van der Waals surface area contributed by atoms with Gasteiger partial charge in [-0.25, -0.2) is 4.98 Å². The predicted molar refractivity (Wildman–Crippen MR) is 105 cm³/mol. The molecule has 134 valence electrons. The van der Waals surface area contributed by atoms with Crippen molar-refractivity contribution in [2.24, 2.45) is 5.92 Å². The molecule has 4 nitrogen and oxygen atoms in total. The van der Waals surface area contributed by atoms with Gasteiger partial charge in [0.2, 0.25) is 0 Å². The van der Waals surface area contributed by atoms with E-state index in [1.807, 2.05) is 47.2 Å². The number of nitrogens with zero attached hydrogens (tertiary/aromatic N) is 3. The van der Waals surface area contributed by atoms with Crippen molar-refractivity contribution in [3.63, 3.8) is 0 Å². The molecule has 0 aliphatic carbocycles. The Morgan fingerprint density at radius 1 is 1.31 bits per heavy atom. The average Bonchev–Trinajstić information content (AvgIpc) is 3.31. The summed E-state index contributed by atoms with van der Waals surface area (Å²) >= 11 is 1.66. The highest BCUT2D eigenvalue weighted by Gasteiger charge is 2.27. The highest BCUT2D eigenvalue weighted by molar-refractivity contribution is 7.10. The lowest BCUT2D eigenvalue weighted by Gasteiger charge is -2.33. The van der Waals surface area contributed by atoms with Gasteiger partial charge in [0, 0.05) is 47.8 Å². The van der Waals surface area contributed by atoms with E-state index >= 15 is 0 Å². The summed E-state index contributed by atoms with van der Waals surface area (Å²) in [5.41, 5.74) is 3.07. The van der Waals surface area contributed by atoms with Crippen LogP contribution in [0.25, 0.3) is 11.1 Å². The molecule has 0 spiro atoms. The Hall–Kier alpha value is -2.40. The maximum atomic E-state index is 13.3. The van der Waals surface area contributed by atoms with Crippen LogP contribution in [-0.4, -0.2) is 33.4 Å². The van der Waals surface area contributed by atoms with Gasteiger partial charge >= 0.3 is 0 Å². The van der Waals surface area contributed by atoms with Crippen molar-refractivity contribution in [1.29, 1.82) is 0 Å². The van der Waals surface area contributed by atoms with Crippen LogP contribution in [0.15, 0.2) is 54.4 Å². The number of imidazole rings is 1. The molecule has 1 amide bonds. The van der Waals surface area contributed by atoms with Gasteiger partial charge in [-0.3, -0.25) is 4.79 Å². The maximum Gasteiger partial charge on any atom is 0.255 e. The van der Waals surface area contributed by atoms with Crippen molar-refractivity contribution in [3.8, 4) is 11.1 Å². The molecule has 0 radical (unpaired) electrons. The van der Waals surface area contributed by atoms with Crippen molar-refractivity contribution in [2.45, 2.75) is 26.3 Å². The standard InChI is InChI=1S/C21H23N3OS/c1-16-20(18-7-3-2-4-8-18)19(14-26-16)21(25)24-10-5-6-17(13-24)12-23-11-9-22-15-23/h2-4,7-9,11,14-15,17H,5-6,10,12-13H2,1H3/t17-/m1/s1. The Kier molecular flexibility index (Phi) is 4.89. The van der Waals surface area contributed by atoms with Crippen molar-refractivity contribution in [1.82, 2.24) is 14.5 Å². The van der Waals surface area contributed by atoms with E-state index in [9.17, 15) is 4.79 Å². The average molecular weight is 366 g/mol. The lowest BCUT2D eigenvalue weighted by molar-refractivity contribution is 0.0663. The number of thiophene rings is 1. The first-order chi connectivity index (χ1) is 12.7. The fourth-order valence-corrected chi connectivity index (χ4v) is 4.70. The second-order valence-electron chi connectivity index (χ2n) is 6.97. The minimum Gasteiger partial charge on any atom is -0.338 e. The quantitative estimate of drug-likeness (QED) is 0.684. The molecule has 1 saturated heterocycles. The number of hydrogen-bond acceptors (Lipinski definition) is 3. The molecule has 0 unspecified atom stereocenters. The second-order valence-corrected chi connectivity index (χ2v) is 8.05. The van der Waals surface area contributed by atoms with Gasteiger partial charge in [-0.05, 0) is 31.2 Å². The van der Waals surface area contributed by atoms with Gasteiger partial charge in [-0.2, -0.15) is 0 Å². The fourth-order valence-electron chi connectivity index (χ4n) is 3.84. The van der Waals surface area contributed by atoms with E-state index in [2.05, 4.69) is 28.6 Å². The first kappa shape index (κ1) is 17.0. The highest BCUT2D eigenvalue weighted by Crippen LogP contribution is 2.34.